The molecule has 0 aliphatic rings. The quantitative estimate of drug-likeness (QED) is 0.450. The van der Waals surface area contributed by atoms with Crippen molar-refractivity contribution in [3.63, 3.8) is 0 Å². The lowest BCUT2D eigenvalue weighted by atomic mass is 10.0. The van der Waals surface area contributed by atoms with E-state index < -0.39 is 0 Å². The molecule has 1 amide bonds. The van der Waals surface area contributed by atoms with Crippen LogP contribution in [-0.2, 0) is 4.79 Å². The van der Waals surface area contributed by atoms with Crippen LogP contribution in [0.5, 0.6) is 0 Å². The van der Waals surface area contributed by atoms with Gasteiger partial charge >= 0.3 is 0 Å². The molecule has 0 saturated carbocycles. The van der Waals surface area contributed by atoms with Crippen LogP contribution in [0.2, 0.25) is 0 Å². The molecule has 0 rings (SSSR count). The van der Waals surface area contributed by atoms with Crippen molar-refractivity contribution in [2.24, 2.45) is 5.92 Å². The molecule has 2 heteroatoms. The maximum atomic E-state index is 10.9. The van der Waals surface area contributed by atoms with Crippen molar-refractivity contribution >= 4 is 5.91 Å². The number of carbonyl (C=O) groups excluding carboxylic acids is 1. The molecule has 0 aromatic heterocycles. The molecule has 0 aliphatic heterocycles. The third-order valence-electron chi connectivity index (χ3n) is 1.24. The summed E-state index contributed by atoms with van der Waals surface area (Å²) in [5, 5.41) is 2.52. The lowest BCUT2D eigenvalue weighted by molar-refractivity contribution is -0.117. The second kappa shape index (κ2) is 3.91. The molecular formula is C8H13NO. The van der Waals surface area contributed by atoms with E-state index in [2.05, 4.69) is 17.6 Å². The van der Waals surface area contributed by atoms with Gasteiger partial charge in [0.15, 0.2) is 0 Å². The smallest absolute Gasteiger partial charge is 0.254 e. The highest BCUT2D eigenvalue weighted by atomic mass is 16.1. The van der Waals surface area contributed by atoms with Crippen LogP contribution in [0, 0.1) is 5.92 Å². The van der Waals surface area contributed by atoms with E-state index in [0.29, 0.717) is 5.57 Å². The fourth-order valence-corrected chi connectivity index (χ4v) is 0.681. The molecule has 2 nitrogen and oxygen atoms in total. The second-order valence-corrected chi connectivity index (χ2v) is 2.32. The predicted octanol–water partition coefficient (Wildman–Crippen LogP) is 1.10. The summed E-state index contributed by atoms with van der Waals surface area (Å²) in [4.78, 5) is 10.9. The molecule has 0 atom stereocenters. The summed E-state index contributed by atoms with van der Waals surface area (Å²) in [5.41, 5.74) is 3.22. The van der Waals surface area contributed by atoms with Gasteiger partial charge in [0.25, 0.3) is 5.91 Å². The lowest BCUT2D eigenvalue weighted by Crippen LogP contribution is -2.22. The van der Waals surface area contributed by atoms with E-state index in [4.69, 9.17) is 0 Å². The van der Waals surface area contributed by atoms with Crippen LogP contribution >= 0.6 is 0 Å². The van der Waals surface area contributed by atoms with Crippen molar-refractivity contribution < 1.29 is 4.79 Å². The molecule has 0 radical (unpaired) electrons. The van der Waals surface area contributed by atoms with Crippen molar-refractivity contribution in [1.82, 2.24) is 5.32 Å². The molecule has 0 aliphatic carbocycles. The zero-order valence-corrected chi connectivity index (χ0v) is 6.69. The van der Waals surface area contributed by atoms with E-state index in [1.54, 1.807) is 7.05 Å². The minimum absolute atomic E-state index is 0.0926. The third kappa shape index (κ3) is 2.08. The van der Waals surface area contributed by atoms with E-state index in [1.807, 2.05) is 13.8 Å². The molecule has 0 fully saturated rings. The molecule has 0 aromatic rings. The molecule has 0 saturated heterocycles. The average molecular weight is 139 g/mol. The highest BCUT2D eigenvalue weighted by Crippen LogP contribution is 2.06. The standard InChI is InChI=1S/C8H13NO/c1-5-7(6(2)3)8(10)9-4/h6H,1H2,2-4H3,(H,9,10). The minimum Gasteiger partial charge on any atom is -0.355 e. The van der Waals surface area contributed by atoms with Crippen LogP contribution in [0.1, 0.15) is 13.8 Å². The Morgan fingerprint density at radius 1 is 1.60 bits per heavy atom. The van der Waals surface area contributed by atoms with E-state index in [9.17, 15) is 4.79 Å². The van der Waals surface area contributed by atoms with E-state index in [-0.39, 0.29) is 11.8 Å². The number of rotatable bonds is 2. The normalized spacial score (nSPS) is 8.80. The van der Waals surface area contributed by atoms with Gasteiger partial charge in [-0.3, -0.25) is 4.79 Å². The fraction of sp³-hybridized carbons (Fsp3) is 0.500. The Balaban J connectivity index is 4.39. The van der Waals surface area contributed by atoms with Gasteiger partial charge in [0.1, 0.15) is 0 Å². The molecule has 0 heterocycles. The Hall–Kier alpha value is -1.01. The maximum absolute atomic E-state index is 10.9. The van der Waals surface area contributed by atoms with Gasteiger partial charge in [-0.25, -0.2) is 0 Å². The summed E-state index contributed by atoms with van der Waals surface area (Å²) in [7, 11) is 1.60. The number of likely N-dealkylation sites (N-methyl/N-ethyl adjacent to an activating group) is 1. The van der Waals surface area contributed by atoms with Crippen LogP contribution in [0.15, 0.2) is 17.9 Å². The summed E-state index contributed by atoms with van der Waals surface area (Å²) in [6, 6.07) is 0. The number of nitrogens with one attached hydrogen (secondary N) is 1. The average Bonchev–Trinajstić information content (AvgIpc) is 1.88. The van der Waals surface area contributed by atoms with Crippen LogP contribution in [-0.4, -0.2) is 13.0 Å². The van der Waals surface area contributed by atoms with Gasteiger partial charge in [-0.1, -0.05) is 20.4 Å². The molecule has 0 aromatic carbocycles. The highest BCUT2D eigenvalue weighted by Gasteiger charge is 2.09. The van der Waals surface area contributed by atoms with Gasteiger partial charge in [0.05, 0.1) is 5.57 Å². The van der Waals surface area contributed by atoms with E-state index in [1.165, 1.54) is 0 Å². The topological polar surface area (TPSA) is 29.1 Å². The van der Waals surface area contributed by atoms with Crippen molar-refractivity contribution in [2.45, 2.75) is 13.8 Å². The first-order valence-electron chi connectivity index (χ1n) is 3.25. The van der Waals surface area contributed by atoms with Crippen LogP contribution in [0.3, 0.4) is 0 Å². The maximum Gasteiger partial charge on any atom is 0.254 e. The summed E-state index contributed by atoms with van der Waals surface area (Å²) < 4.78 is 0. The molecule has 0 unspecified atom stereocenters. The largest absolute Gasteiger partial charge is 0.355 e. The zero-order chi connectivity index (χ0) is 8.15. The van der Waals surface area contributed by atoms with Gasteiger partial charge in [-0.2, -0.15) is 0 Å². The summed E-state index contributed by atoms with van der Waals surface area (Å²) in [5.74, 6) is 0.0995. The van der Waals surface area contributed by atoms with Crippen molar-refractivity contribution in [3.05, 3.63) is 17.9 Å². The molecular weight excluding hydrogens is 126 g/mol. The van der Waals surface area contributed by atoms with Gasteiger partial charge in [0.2, 0.25) is 0 Å². The molecule has 56 valence electrons. The Kier molecular flexibility index (Phi) is 3.52. The summed E-state index contributed by atoms with van der Waals surface area (Å²) >= 11 is 0. The van der Waals surface area contributed by atoms with E-state index >= 15 is 0 Å². The molecule has 0 spiro atoms. The summed E-state index contributed by atoms with van der Waals surface area (Å²) in [6.07, 6.45) is 0. The molecule has 10 heavy (non-hydrogen) atoms. The van der Waals surface area contributed by atoms with Crippen LogP contribution < -0.4 is 5.32 Å². The summed E-state index contributed by atoms with van der Waals surface area (Å²) in [6.45, 7) is 7.30. The third-order valence-corrected chi connectivity index (χ3v) is 1.24. The molecule has 1 N–H and O–H groups in total. The minimum atomic E-state index is -0.0926. The number of amides is 1. The number of hydrogen-bond donors (Lipinski definition) is 1. The van der Waals surface area contributed by atoms with Gasteiger partial charge < -0.3 is 5.32 Å². The highest BCUT2D eigenvalue weighted by molar-refractivity contribution is 5.93. The van der Waals surface area contributed by atoms with Crippen molar-refractivity contribution in [3.8, 4) is 0 Å². The SMILES string of the molecule is C=C=C(C(=O)NC)C(C)C. The van der Waals surface area contributed by atoms with Crippen molar-refractivity contribution in [2.75, 3.05) is 7.05 Å². The lowest BCUT2D eigenvalue weighted by Gasteiger charge is -2.05. The van der Waals surface area contributed by atoms with Crippen LogP contribution in [0.25, 0.3) is 0 Å². The first kappa shape index (κ1) is 8.99. The number of carbonyl (C=O) groups is 1. The fourth-order valence-electron chi connectivity index (χ4n) is 0.681. The first-order valence-corrected chi connectivity index (χ1v) is 3.25. The van der Waals surface area contributed by atoms with Gasteiger partial charge in [-0.05, 0) is 5.92 Å². The Morgan fingerprint density at radius 2 is 2.10 bits per heavy atom. The first-order chi connectivity index (χ1) is 4.63. The molecule has 0 bridgehead atoms. The van der Waals surface area contributed by atoms with Crippen molar-refractivity contribution in [1.29, 1.82) is 0 Å². The Morgan fingerprint density at radius 3 is 2.20 bits per heavy atom. The van der Waals surface area contributed by atoms with Crippen LogP contribution in [0.4, 0.5) is 0 Å². The zero-order valence-electron chi connectivity index (χ0n) is 6.69. The van der Waals surface area contributed by atoms with E-state index in [0.717, 1.165) is 0 Å². The second-order valence-electron chi connectivity index (χ2n) is 2.32. The Bertz CT molecular complexity index is 176. The monoisotopic (exact) mass is 139 g/mol. The predicted molar refractivity (Wildman–Crippen MR) is 41.6 cm³/mol. The Labute approximate surface area is 61.6 Å². The van der Waals surface area contributed by atoms with Gasteiger partial charge in [-0.15, -0.1) is 5.73 Å². The van der Waals surface area contributed by atoms with Gasteiger partial charge in [0, 0.05) is 7.05 Å². The number of hydrogen-bond acceptors (Lipinski definition) is 1.